The largest absolute Gasteiger partial charge is 0.496 e. The number of para-hydroxylation sites is 1. The van der Waals surface area contributed by atoms with Crippen molar-refractivity contribution >= 4 is 5.96 Å². The van der Waals surface area contributed by atoms with Crippen LogP contribution in [0.25, 0.3) is 0 Å². The summed E-state index contributed by atoms with van der Waals surface area (Å²) in [5.41, 5.74) is 7.15. The van der Waals surface area contributed by atoms with Crippen molar-refractivity contribution in [2.24, 2.45) is 10.7 Å². The van der Waals surface area contributed by atoms with E-state index in [0.29, 0.717) is 12.5 Å². The van der Waals surface area contributed by atoms with Gasteiger partial charge in [-0.05, 0) is 25.5 Å². The summed E-state index contributed by atoms with van der Waals surface area (Å²) in [4.78, 5) is 6.53. The molecule has 0 amide bonds. The highest BCUT2D eigenvalue weighted by atomic mass is 16.5. The Hall–Kier alpha value is -1.71. The topological polar surface area (TPSA) is 50.8 Å². The van der Waals surface area contributed by atoms with Gasteiger partial charge in [0.15, 0.2) is 5.96 Å². The van der Waals surface area contributed by atoms with Crippen LogP contribution in [0.4, 0.5) is 0 Å². The number of ether oxygens (including phenoxy) is 1. The second-order valence-electron chi connectivity index (χ2n) is 4.51. The Morgan fingerprint density at radius 3 is 2.53 bits per heavy atom. The zero-order valence-electron chi connectivity index (χ0n) is 12.4. The smallest absolute Gasteiger partial charge is 0.191 e. The Morgan fingerprint density at radius 1 is 1.32 bits per heavy atom. The third kappa shape index (κ3) is 4.16. The Kier molecular flexibility index (Phi) is 6.19. The minimum absolute atomic E-state index is 0.283. The molecule has 0 bridgehead atoms. The zero-order chi connectivity index (χ0) is 14.3. The zero-order valence-corrected chi connectivity index (χ0v) is 12.4. The lowest BCUT2D eigenvalue weighted by molar-refractivity contribution is 0.406. The number of hydrogen-bond donors (Lipinski definition) is 1. The van der Waals surface area contributed by atoms with E-state index in [1.165, 1.54) is 5.56 Å². The van der Waals surface area contributed by atoms with Crippen LogP contribution in [0.2, 0.25) is 0 Å². The molecule has 0 aromatic heterocycles. The molecule has 1 aromatic carbocycles. The maximum Gasteiger partial charge on any atom is 0.191 e. The molecule has 1 unspecified atom stereocenters. The molecule has 0 saturated carbocycles. The van der Waals surface area contributed by atoms with Gasteiger partial charge in [0.1, 0.15) is 5.75 Å². The lowest BCUT2D eigenvalue weighted by Gasteiger charge is -2.20. The van der Waals surface area contributed by atoms with Gasteiger partial charge in [-0.2, -0.15) is 0 Å². The Morgan fingerprint density at radius 2 is 1.95 bits per heavy atom. The third-order valence-electron chi connectivity index (χ3n) is 3.28. The van der Waals surface area contributed by atoms with Gasteiger partial charge in [0, 0.05) is 25.6 Å². The van der Waals surface area contributed by atoms with Crippen molar-refractivity contribution in [2.45, 2.75) is 26.7 Å². The number of guanidine groups is 1. The Labute approximate surface area is 116 Å². The molecule has 4 heteroatoms. The molecule has 106 valence electrons. The second kappa shape index (κ2) is 7.67. The van der Waals surface area contributed by atoms with Gasteiger partial charge in [-0.1, -0.05) is 25.1 Å². The fraction of sp³-hybridized carbons (Fsp3) is 0.533. The van der Waals surface area contributed by atoms with Crippen LogP contribution >= 0.6 is 0 Å². The summed E-state index contributed by atoms with van der Waals surface area (Å²) in [6.45, 7) is 8.73. The van der Waals surface area contributed by atoms with E-state index in [1.807, 2.05) is 18.2 Å². The lowest BCUT2D eigenvalue weighted by atomic mass is 10.0. The number of rotatable bonds is 6. The first-order valence-corrected chi connectivity index (χ1v) is 6.81. The van der Waals surface area contributed by atoms with Crippen LogP contribution in [-0.4, -0.2) is 37.6 Å². The number of hydrogen-bond acceptors (Lipinski definition) is 2. The van der Waals surface area contributed by atoms with Gasteiger partial charge in [-0.15, -0.1) is 0 Å². The van der Waals surface area contributed by atoms with Crippen LogP contribution < -0.4 is 10.5 Å². The quantitative estimate of drug-likeness (QED) is 0.633. The van der Waals surface area contributed by atoms with Gasteiger partial charge in [-0.25, -0.2) is 0 Å². The average molecular weight is 263 g/mol. The van der Waals surface area contributed by atoms with Gasteiger partial charge in [-0.3, -0.25) is 4.99 Å². The summed E-state index contributed by atoms with van der Waals surface area (Å²) in [6, 6.07) is 8.05. The monoisotopic (exact) mass is 263 g/mol. The van der Waals surface area contributed by atoms with Crippen LogP contribution in [0.5, 0.6) is 5.75 Å². The number of benzene rings is 1. The highest BCUT2D eigenvalue weighted by Crippen LogP contribution is 2.26. The van der Waals surface area contributed by atoms with Crippen LogP contribution in [-0.2, 0) is 0 Å². The van der Waals surface area contributed by atoms with Crippen LogP contribution in [0.1, 0.15) is 32.3 Å². The lowest BCUT2D eigenvalue weighted by Crippen LogP contribution is -2.37. The fourth-order valence-corrected chi connectivity index (χ4v) is 2.05. The number of nitrogens with two attached hydrogens (primary N) is 1. The molecular formula is C15H25N3O. The first-order valence-electron chi connectivity index (χ1n) is 6.81. The molecule has 0 aliphatic heterocycles. The molecule has 1 aromatic rings. The molecule has 4 nitrogen and oxygen atoms in total. The summed E-state index contributed by atoms with van der Waals surface area (Å²) in [5.74, 6) is 1.81. The predicted octanol–water partition coefficient (Wildman–Crippen LogP) is 2.46. The molecule has 0 saturated heterocycles. The molecule has 2 N–H and O–H groups in total. The molecule has 0 radical (unpaired) electrons. The number of methoxy groups -OCH3 is 1. The molecule has 1 rings (SSSR count). The third-order valence-corrected chi connectivity index (χ3v) is 3.28. The van der Waals surface area contributed by atoms with Crippen molar-refractivity contribution < 1.29 is 4.74 Å². The van der Waals surface area contributed by atoms with Gasteiger partial charge < -0.3 is 15.4 Å². The Balaban J connectivity index is 2.74. The summed E-state index contributed by atoms with van der Waals surface area (Å²) in [5, 5.41) is 0. The number of nitrogens with zero attached hydrogens (tertiary/aromatic N) is 2. The molecular weight excluding hydrogens is 238 g/mol. The van der Waals surface area contributed by atoms with E-state index < -0.39 is 0 Å². The van der Waals surface area contributed by atoms with E-state index in [-0.39, 0.29) is 5.92 Å². The van der Waals surface area contributed by atoms with Crippen molar-refractivity contribution in [3.8, 4) is 5.75 Å². The molecule has 0 heterocycles. The average Bonchev–Trinajstić information content (AvgIpc) is 2.45. The highest BCUT2D eigenvalue weighted by molar-refractivity contribution is 5.78. The maximum atomic E-state index is 5.98. The SMILES string of the molecule is CCN(CC)C(N)=NCC(C)c1ccccc1OC. The summed E-state index contributed by atoms with van der Waals surface area (Å²) < 4.78 is 5.37. The predicted molar refractivity (Wildman–Crippen MR) is 80.8 cm³/mol. The van der Waals surface area contributed by atoms with Gasteiger partial charge in [0.25, 0.3) is 0 Å². The summed E-state index contributed by atoms with van der Waals surface area (Å²) in [6.07, 6.45) is 0. The van der Waals surface area contributed by atoms with E-state index in [4.69, 9.17) is 10.5 Å². The minimum atomic E-state index is 0.283. The summed E-state index contributed by atoms with van der Waals surface area (Å²) in [7, 11) is 1.69. The molecule has 0 aliphatic rings. The maximum absolute atomic E-state index is 5.98. The molecule has 1 atom stereocenters. The van der Waals surface area contributed by atoms with Crippen LogP contribution in [0, 0.1) is 0 Å². The first-order chi connectivity index (χ1) is 9.13. The fourth-order valence-electron chi connectivity index (χ4n) is 2.05. The van der Waals surface area contributed by atoms with Gasteiger partial charge in [0.05, 0.1) is 7.11 Å². The van der Waals surface area contributed by atoms with Gasteiger partial charge in [0.2, 0.25) is 0 Å². The van der Waals surface area contributed by atoms with E-state index in [2.05, 4.69) is 36.7 Å². The van der Waals surface area contributed by atoms with Crippen LogP contribution in [0.3, 0.4) is 0 Å². The second-order valence-corrected chi connectivity index (χ2v) is 4.51. The van der Waals surface area contributed by atoms with Crippen molar-refractivity contribution in [3.63, 3.8) is 0 Å². The van der Waals surface area contributed by atoms with E-state index in [9.17, 15) is 0 Å². The van der Waals surface area contributed by atoms with Crippen molar-refractivity contribution in [1.29, 1.82) is 0 Å². The van der Waals surface area contributed by atoms with Crippen LogP contribution in [0.15, 0.2) is 29.3 Å². The van der Waals surface area contributed by atoms with E-state index in [1.54, 1.807) is 7.11 Å². The molecule has 19 heavy (non-hydrogen) atoms. The van der Waals surface area contributed by atoms with Crippen molar-refractivity contribution in [3.05, 3.63) is 29.8 Å². The molecule has 0 spiro atoms. The standard InChI is InChI=1S/C15H25N3O/c1-5-18(6-2)15(16)17-11-12(3)13-9-7-8-10-14(13)19-4/h7-10,12H,5-6,11H2,1-4H3,(H2,16,17). The molecule has 0 fully saturated rings. The van der Waals surface area contributed by atoms with E-state index >= 15 is 0 Å². The summed E-state index contributed by atoms with van der Waals surface area (Å²) >= 11 is 0. The normalized spacial score (nSPS) is 13.2. The van der Waals surface area contributed by atoms with Crippen molar-refractivity contribution in [2.75, 3.05) is 26.7 Å². The van der Waals surface area contributed by atoms with Gasteiger partial charge >= 0.3 is 0 Å². The van der Waals surface area contributed by atoms with Crippen molar-refractivity contribution in [1.82, 2.24) is 4.90 Å². The Bertz CT molecular complexity index is 414. The van der Waals surface area contributed by atoms with E-state index in [0.717, 1.165) is 18.8 Å². The number of aliphatic imine (C=N–C) groups is 1. The first kappa shape index (κ1) is 15.3. The molecule has 0 aliphatic carbocycles. The minimum Gasteiger partial charge on any atom is -0.496 e. The highest BCUT2D eigenvalue weighted by Gasteiger charge is 2.11.